The average Bonchev–Trinajstić information content (AvgIpc) is 3.34. The molecule has 2 fully saturated rings. The highest BCUT2D eigenvalue weighted by molar-refractivity contribution is 7.48. The predicted octanol–water partition coefficient (Wildman–Crippen LogP) is 1.32. The predicted molar refractivity (Wildman–Crippen MR) is 106 cm³/mol. The minimum Gasteiger partial charge on any atom is -0.386 e. The van der Waals surface area contributed by atoms with Crippen molar-refractivity contribution >= 4 is 30.5 Å². The van der Waals surface area contributed by atoms with Gasteiger partial charge in [0.05, 0.1) is 30.0 Å². The minimum absolute atomic E-state index is 0.172. The van der Waals surface area contributed by atoms with Crippen molar-refractivity contribution in [3.63, 3.8) is 0 Å². The van der Waals surface area contributed by atoms with Crippen LogP contribution in [0.1, 0.15) is 11.8 Å². The number of ether oxygens (including phenoxy) is 1. The van der Waals surface area contributed by atoms with Crippen LogP contribution >= 0.6 is 7.82 Å². The summed E-state index contributed by atoms with van der Waals surface area (Å²) in [6.07, 6.45) is -1.36. The summed E-state index contributed by atoms with van der Waals surface area (Å²) in [5.41, 5.74) is 6.49. The Morgan fingerprint density at radius 2 is 2.16 bits per heavy atom. The number of nitrogens with two attached hydrogens (primary N) is 1. The van der Waals surface area contributed by atoms with Crippen LogP contribution in [0.5, 0.6) is 0 Å². The second-order valence-electron chi connectivity index (χ2n) is 7.11. The van der Waals surface area contributed by atoms with Crippen molar-refractivity contribution in [1.29, 1.82) is 0 Å². The fraction of sp³-hybridized carbons (Fsp3) is 0.353. The van der Waals surface area contributed by atoms with Gasteiger partial charge in [-0.1, -0.05) is 12.1 Å². The first-order valence-electron chi connectivity index (χ1n) is 9.42. The minimum atomic E-state index is -4.13. The summed E-state index contributed by atoms with van der Waals surface area (Å²) in [5.74, 6) is 0.172. The van der Waals surface area contributed by atoms with Gasteiger partial charge in [-0.25, -0.2) is 19.5 Å². The molecule has 3 N–H and O–H groups in total. The van der Waals surface area contributed by atoms with Gasteiger partial charge in [-0.05, 0) is 6.07 Å². The van der Waals surface area contributed by atoms with E-state index >= 15 is 0 Å². The Bertz CT molecular complexity index is 1240. The number of nitro benzene ring substituents is 1. The normalized spacial score (nSPS) is 29.8. The van der Waals surface area contributed by atoms with E-state index in [1.165, 1.54) is 35.4 Å². The molecule has 32 heavy (non-hydrogen) atoms. The molecule has 3 aromatic rings. The highest BCUT2D eigenvalue weighted by Gasteiger charge is 2.53. The van der Waals surface area contributed by atoms with E-state index in [1.54, 1.807) is 6.07 Å². The van der Waals surface area contributed by atoms with Crippen LogP contribution in [-0.2, 0) is 29.5 Å². The maximum Gasteiger partial charge on any atom is 0.475 e. The third-order valence-corrected chi connectivity index (χ3v) is 6.60. The number of para-hydroxylation sites is 1. The molecule has 4 heterocycles. The molecule has 0 radical (unpaired) electrons. The van der Waals surface area contributed by atoms with Gasteiger partial charge >= 0.3 is 7.82 Å². The van der Waals surface area contributed by atoms with Gasteiger partial charge in [0.1, 0.15) is 30.2 Å². The molecular weight excluding hydrogens is 447 g/mol. The van der Waals surface area contributed by atoms with Gasteiger partial charge in [0, 0.05) is 6.07 Å². The smallest absolute Gasteiger partial charge is 0.386 e. The summed E-state index contributed by atoms with van der Waals surface area (Å²) in [4.78, 5) is 22.7. The van der Waals surface area contributed by atoms with Gasteiger partial charge in [0.15, 0.2) is 17.7 Å². The van der Waals surface area contributed by atoms with Crippen LogP contribution in [0.4, 0.5) is 11.5 Å². The fourth-order valence-corrected chi connectivity index (χ4v) is 5.02. The maximum atomic E-state index is 13.0. The molecule has 0 saturated carbocycles. The maximum absolute atomic E-state index is 13.0. The first-order valence-corrected chi connectivity index (χ1v) is 10.9. The van der Waals surface area contributed by atoms with Crippen molar-refractivity contribution in [2.75, 3.05) is 12.3 Å². The topological polar surface area (TPSA) is 187 Å². The van der Waals surface area contributed by atoms with Crippen molar-refractivity contribution < 1.29 is 32.9 Å². The standard InChI is InChI=1S/C17H17N6O8P/c18-15-12-16(20-7-19-15)22(8-21-12)17-13(24)14-11(30-17)6-29-32(27,31-14)28-5-9-3-1-2-4-10(9)23(25)26/h1-4,7-8,11,13-14,17,24H,5-6H2,(H2,18,19,20)/t11-,13-,14-,17-,32+/m1/s1. The number of aliphatic hydroxyl groups is 1. The lowest BCUT2D eigenvalue weighted by molar-refractivity contribution is -0.385. The monoisotopic (exact) mass is 464 g/mol. The molecule has 0 aliphatic carbocycles. The summed E-state index contributed by atoms with van der Waals surface area (Å²) in [5, 5.41) is 22.0. The Hall–Kier alpha value is -3.00. The number of fused-ring (bicyclic) bond motifs is 2. The molecule has 5 atom stereocenters. The third-order valence-electron chi connectivity index (χ3n) is 5.18. The summed E-state index contributed by atoms with van der Waals surface area (Å²) < 4.78 is 36.3. The molecule has 0 spiro atoms. The lowest BCUT2D eigenvalue weighted by Gasteiger charge is -2.30. The first kappa shape index (κ1) is 20.9. The van der Waals surface area contributed by atoms with Crippen molar-refractivity contribution in [2.45, 2.75) is 31.1 Å². The van der Waals surface area contributed by atoms with Crippen molar-refractivity contribution in [1.82, 2.24) is 19.5 Å². The molecule has 2 aromatic heterocycles. The third kappa shape index (κ3) is 3.52. The molecule has 0 bridgehead atoms. The van der Waals surface area contributed by atoms with E-state index in [4.69, 9.17) is 24.0 Å². The number of nitrogen functional groups attached to an aromatic ring is 1. The summed E-state index contributed by atoms with van der Waals surface area (Å²) in [6.45, 7) is -0.565. The number of aromatic nitrogens is 4. The fourth-order valence-electron chi connectivity index (χ4n) is 3.64. The van der Waals surface area contributed by atoms with E-state index < -0.39 is 37.3 Å². The van der Waals surface area contributed by atoms with Crippen LogP contribution in [-0.4, -0.2) is 54.5 Å². The SMILES string of the molecule is Nc1ncnc2c1ncn2[C@@H]1O[C@@H]2CO[P@](=O)(OCc3ccccc3[N+](=O)[O-])O[C@H]2[C@H]1O. The van der Waals surface area contributed by atoms with E-state index in [1.807, 2.05) is 0 Å². The van der Waals surface area contributed by atoms with Gasteiger partial charge < -0.3 is 15.6 Å². The van der Waals surface area contributed by atoms with E-state index in [0.29, 0.717) is 11.2 Å². The largest absolute Gasteiger partial charge is 0.475 e. The van der Waals surface area contributed by atoms with Crippen molar-refractivity contribution in [2.24, 2.45) is 0 Å². The van der Waals surface area contributed by atoms with E-state index in [-0.39, 0.29) is 30.3 Å². The molecule has 2 aliphatic heterocycles. The molecule has 168 valence electrons. The van der Waals surface area contributed by atoms with Gasteiger partial charge in [-0.15, -0.1) is 0 Å². The van der Waals surface area contributed by atoms with Crippen LogP contribution in [0.2, 0.25) is 0 Å². The lowest BCUT2D eigenvalue weighted by Crippen LogP contribution is -2.39. The van der Waals surface area contributed by atoms with Gasteiger partial charge in [-0.3, -0.25) is 28.3 Å². The lowest BCUT2D eigenvalue weighted by atomic mass is 10.1. The zero-order valence-corrected chi connectivity index (χ0v) is 17.1. The number of nitro groups is 1. The number of imidazole rings is 1. The van der Waals surface area contributed by atoms with Crippen LogP contribution in [0.25, 0.3) is 11.2 Å². The van der Waals surface area contributed by atoms with E-state index in [2.05, 4.69) is 15.0 Å². The number of hydrogen-bond donors (Lipinski definition) is 2. The molecule has 15 heteroatoms. The van der Waals surface area contributed by atoms with E-state index in [0.717, 1.165) is 0 Å². The Balaban J connectivity index is 1.33. The highest BCUT2D eigenvalue weighted by atomic mass is 31.2. The van der Waals surface area contributed by atoms with Crippen LogP contribution < -0.4 is 5.73 Å². The Morgan fingerprint density at radius 1 is 1.34 bits per heavy atom. The zero-order valence-electron chi connectivity index (χ0n) is 16.3. The molecular formula is C17H17N6O8P. The number of aliphatic hydroxyl groups excluding tert-OH is 1. The molecule has 0 amide bonds. The molecule has 5 rings (SSSR count). The number of phosphoric acid groups is 1. The average molecular weight is 464 g/mol. The summed E-state index contributed by atoms with van der Waals surface area (Å²) in [6, 6.07) is 5.87. The number of benzene rings is 1. The molecule has 0 unspecified atom stereocenters. The highest BCUT2D eigenvalue weighted by Crippen LogP contribution is 2.57. The Kier molecular flexibility index (Phi) is 5.12. The molecule has 14 nitrogen and oxygen atoms in total. The van der Waals surface area contributed by atoms with E-state index in [9.17, 15) is 19.8 Å². The Morgan fingerprint density at radius 3 is 2.97 bits per heavy atom. The molecule has 1 aromatic carbocycles. The van der Waals surface area contributed by atoms with Crippen LogP contribution in [0.15, 0.2) is 36.9 Å². The van der Waals surface area contributed by atoms with Crippen LogP contribution in [0, 0.1) is 10.1 Å². The number of rotatable bonds is 5. The second kappa shape index (κ2) is 7.85. The molecule has 2 saturated heterocycles. The number of phosphoric ester groups is 1. The Labute approximate surface area is 179 Å². The molecule has 2 aliphatic rings. The first-order chi connectivity index (χ1) is 15.4. The van der Waals surface area contributed by atoms with Gasteiger partial charge in [0.2, 0.25) is 0 Å². The van der Waals surface area contributed by atoms with Crippen molar-refractivity contribution in [3.8, 4) is 0 Å². The number of nitrogens with zero attached hydrogens (tertiary/aromatic N) is 5. The quantitative estimate of drug-likeness (QED) is 0.314. The summed E-state index contributed by atoms with van der Waals surface area (Å²) in [7, 11) is -4.13. The van der Waals surface area contributed by atoms with Gasteiger partial charge in [-0.2, -0.15) is 0 Å². The number of hydrogen-bond acceptors (Lipinski definition) is 12. The number of anilines is 1. The van der Waals surface area contributed by atoms with Crippen LogP contribution in [0.3, 0.4) is 0 Å². The second-order valence-corrected chi connectivity index (χ2v) is 8.73. The summed E-state index contributed by atoms with van der Waals surface area (Å²) >= 11 is 0. The van der Waals surface area contributed by atoms with Gasteiger partial charge in [0.25, 0.3) is 5.69 Å². The van der Waals surface area contributed by atoms with Crippen molar-refractivity contribution in [3.05, 3.63) is 52.6 Å². The zero-order chi connectivity index (χ0) is 22.5.